The number of aliphatic hydroxyl groups is 1. The Morgan fingerprint density at radius 3 is 2.64 bits per heavy atom. The van der Waals surface area contributed by atoms with Crippen LogP contribution in [0.15, 0.2) is 24.3 Å². The van der Waals surface area contributed by atoms with Crippen LogP contribution in [0.1, 0.15) is 31.4 Å². The SMILES string of the molecule is COCC(O)CCNC(=O)NCC(C)(C)c1ccccc1C. The fourth-order valence-corrected chi connectivity index (χ4v) is 2.42. The van der Waals surface area contributed by atoms with Crippen LogP contribution in [0.4, 0.5) is 4.79 Å². The Labute approximate surface area is 133 Å². The number of aryl methyl sites for hydroxylation is 1. The lowest BCUT2D eigenvalue weighted by Crippen LogP contribution is -2.43. The van der Waals surface area contributed by atoms with Crippen molar-refractivity contribution in [2.45, 2.75) is 38.7 Å². The zero-order valence-electron chi connectivity index (χ0n) is 14.0. The molecule has 0 saturated heterocycles. The number of nitrogens with one attached hydrogen (secondary N) is 2. The van der Waals surface area contributed by atoms with Gasteiger partial charge in [0.05, 0.1) is 12.7 Å². The van der Waals surface area contributed by atoms with E-state index >= 15 is 0 Å². The van der Waals surface area contributed by atoms with Gasteiger partial charge in [-0.25, -0.2) is 4.79 Å². The van der Waals surface area contributed by atoms with E-state index in [1.54, 1.807) is 0 Å². The summed E-state index contributed by atoms with van der Waals surface area (Å²) in [4.78, 5) is 11.8. The quantitative estimate of drug-likeness (QED) is 0.687. The average Bonchev–Trinajstić information content (AvgIpc) is 2.46. The molecule has 0 spiro atoms. The third-order valence-corrected chi connectivity index (χ3v) is 3.69. The van der Waals surface area contributed by atoms with Gasteiger partial charge in [-0.1, -0.05) is 38.1 Å². The first-order chi connectivity index (χ1) is 10.4. The number of carbonyl (C=O) groups excluding carboxylic acids is 1. The van der Waals surface area contributed by atoms with Crippen molar-refractivity contribution >= 4 is 6.03 Å². The molecule has 22 heavy (non-hydrogen) atoms. The van der Waals surface area contributed by atoms with Crippen LogP contribution in [0.2, 0.25) is 0 Å². The lowest BCUT2D eigenvalue weighted by atomic mass is 9.82. The number of hydrogen-bond donors (Lipinski definition) is 3. The van der Waals surface area contributed by atoms with Crippen LogP contribution in [0.3, 0.4) is 0 Å². The molecule has 0 fully saturated rings. The first-order valence-corrected chi connectivity index (χ1v) is 7.61. The average molecular weight is 308 g/mol. The Morgan fingerprint density at radius 2 is 2.00 bits per heavy atom. The minimum atomic E-state index is -0.547. The predicted molar refractivity (Wildman–Crippen MR) is 88.1 cm³/mol. The molecule has 3 N–H and O–H groups in total. The number of carbonyl (C=O) groups is 1. The monoisotopic (exact) mass is 308 g/mol. The molecule has 5 nitrogen and oxygen atoms in total. The van der Waals surface area contributed by atoms with Crippen LogP contribution in [-0.4, -0.2) is 44.0 Å². The van der Waals surface area contributed by atoms with Gasteiger partial charge in [-0.05, 0) is 24.5 Å². The molecule has 2 amide bonds. The van der Waals surface area contributed by atoms with Gasteiger partial charge < -0.3 is 20.5 Å². The molecule has 124 valence electrons. The van der Waals surface area contributed by atoms with Crippen LogP contribution in [0, 0.1) is 6.92 Å². The highest BCUT2D eigenvalue weighted by Gasteiger charge is 2.22. The van der Waals surface area contributed by atoms with Crippen LogP contribution < -0.4 is 10.6 Å². The van der Waals surface area contributed by atoms with E-state index in [1.807, 2.05) is 12.1 Å². The second kappa shape index (κ2) is 8.76. The van der Waals surface area contributed by atoms with E-state index in [2.05, 4.69) is 43.5 Å². The fraction of sp³-hybridized carbons (Fsp3) is 0.588. The largest absolute Gasteiger partial charge is 0.391 e. The normalized spacial score (nSPS) is 12.8. The van der Waals surface area contributed by atoms with Gasteiger partial charge in [0.1, 0.15) is 0 Å². The Morgan fingerprint density at radius 1 is 1.32 bits per heavy atom. The molecule has 1 aromatic rings. The predicted octanol–water partition coefficient (Wildman–Crippen LogP) is 1.97. The second-order valence-corrected chi connectivity index (χ2v) is 6.21. The molecule has 0 radical (unpaired) electrons. The summed E-state index contributed by atoms with van der Waals surface area (Å²) in [6.07, 6.45) is -0.0728. The summed E-state index contributed by atoms with van der Waals surface area (Å²) in [6.45, 7) is 7.54. The standard InChI is InChI=1S/C17H28N2O3/c1-13-7-5-6-8-15(13)17(2,3)12-19-16(21)18-10-9-14(20)11-22-4/h5-8,14,20H,9-12H2,1-4H3,(H2,18,19,21). The number of hydrogen-bond acceptors (Lipinski definition) is 3. The summed E-state index contributed by atoms with van der Waals surface area (Å²) in [6, 6.07) is 7.98. The Hall–Kier alpha value is -1.59. The lowest BCUT2D eigenvalue weighted by molar-refractivity contribution is 0.0598. The second-order valence-electron chi connectivity index (χ2n) is 6.21. The van der Waals surface area contributed by atoms with Gasteiger partial charge in [0, 0.05) is 25.6 Å². The van der Waals surface area contributed by atoms with Crippen LogP contribution in [-0.2, 0) is 10.2 Å². The topological polar surface area (TPSA) is 70.6 Å². The number of aliphatic hydroxyl groups excluding tert-OH is 1. The number of ether oxygens (including phenoxy) is 1. The summed E-state index contributed by atoms with van der Waals surface area (Å²) in [5, 5.41) is 15.1. The van der Waals surface area contributed by atoms with Gasteiger partial charge in [-0.2, -0.15) is 0 Å². The maximum Gasteiger partial charge on any atom is 0.314 e. The molecule has 1 aromatic carbocycles. The number of amides is 2. The van der Waals surface area contributed by atoms with Gasteiger partial charge in [0.15, 0.2) is 0 Å². The van der Waals surface area contributed by atoms with Gasteiger partial charge in [-0.15, -0.1) is 0 Å². The zero-order valence-corrected chi connectivity index (χ0v) is 14.0. The van der Waals surface area contributed by atoms with Crippen molar-refractivity contribution in [3.63, 3.8) is 0 Å². The van der Waals surface area contributed by atoms with Crippen molar-refractivity contribution in [1.82, 2.24) is 10.6 Å². The molecular formula is C17H28N2O3. The molecular weight excluding hydrogens is 280 g/mol. The van der Waals surface area contributed by atoms with E-state index in [9.17, 15) is 9.90 Å². The maximum atomic E-state index is 11.8. The van der Waals surface area contributed by atoms with Gasteiger partial charge >= 0.3 is 6.03 Å². The molecule has 5 heteroatoms. The van der Waals surface area contributed by atoms with E-state index in [-0.39, 0.29) is 18.1 Å². The van der Waals surface area contributed by atoms with Crippen molar-refractivity contribution in [1.29, 1.82) is 0 Å². The van der Waals surface area contributed by atoms with Crippen LogP contribution in [0.5, 0.6) is 0 Å². The van der Waals surface area contributed by atoms with E-state index in [0.29, 0.717) is 19.5 Å². The number of methoxy groups -OCH3 is 1. The highest BCUT2D eigenvalue weighted by Crippen LogP contribution is 2.25. The van der Waals surface area contributed by atoms with Crippen molar-refractivity contribution in [3.8, 4) is 0 Å². The summed E-state index contributed by atoms with van der Waals surface area (Å²) in [7, 11) is 1.54. The van der Waals surface area contributed by atoms with Crippen molar-refractivity contribution < 1.29 is 14.6 Å². The zero-order chi connectivity index (χ0) is 16.6. The van der Waals surface area contributed by atoms with Gasteiger partial charge in [0.2, 0.25) is 0 Å². The molecule has 0 aliphatic carbocycles. The molecule has 1 rings (SSSR count). The van der Waals surface area contributed by atoms with E-state index < -0.39 is 6.10 Å². The van der Waals surface area contributed by atoms with Crippen molar-refractivity contribution in [2.75, 3.05) is 26.8 Å². The maximum absolute atomic E-state index is 11.8. The Balaban J connectivity index is 2.38. The lowest BCUT2D eigenvalue weighted by Gasteiger charge is -2.27. The number of urea groups is 1. The summed E-state index contributed by atoms with van der Waals surface area (Å²) < 4.78 is 4.84. The van der Waals surface area contributed by atoms with Crippen molar-refractivity contribution in [2.24, 2.45) is 0 Å². The van der Waals surface area contributed by atoms with Gasteiger partial charge in [-0.3, -0.25) is 0 Å². The molecule has 0 bridgehead atoms. The molecule has 0 aromatic heterocycles. The van der Waals surface area contributed by atoms with Crippen LogP contribution in [0.25, 0.3) is 0 Å². The Bertz CT molecular complexity index is 475. The van der Waals surface area contributed by atoms with Crippen LogP contribution >= 0.6 is 0 Å². The third-order valence-electron chi connectivity index (χ3n) is 3.69. The first-order valence-electron chi connectivity index (χ1n) is 7.61. The molecule has 0 aliphatic heterocycles. The van der Waals surface area contributed by atoms with E-state index in [4.69, 9.17) is 4.74 Å². The highest BCUT2D eigenvalue weighted by molar-refractivity contribution is 5.73. The smallest absolute Gasteiger partial charge is 0.314 e. The number of benzene rings is 1. The summed E-state index contributed by atoms with van der Waals surface area (Å²) in [5.74, 6) is 0. The summed E-state index contributed by atoms with van der Waals surface area (Å²) in [5.41, 5.74) is 2.31. The number of rotatable bonds is 8. The molecule has 1 unspecified atom stereocenters. The first kappa shape index (κ1) is 18.5. The third kappa shape index (κ3) is 6.03. The minimum absolute atomic E-state index is 0.141. The molecule has 0 heterocycles. The molecule has 0 aliphatic rings. The molecule has 0 saturated carbocycles. The Kier molecular flexibility index (Phi) is 7.35. The van der Waals surface area contributed by atoms with E-state index in [1.165, 1.54) is 18.2 Å². The van der Waals surface area contributed by atoms with E-state index in [0.717, 1.165) is 0 Å². The minimum Gasteiger partial charge on any atom is -0.391 e. The summed E-state index contributed by atoms with van der Waals surface area (Å²) >= 11 is 0. The van der Waals surface area contributed by atoms with Crippen molar-refractivity contribution in [3.05, 3.63) is 35.4 Å². The highest BCUT2D eigenvalue weighted by atomic mass is 16.5. The molecule has 1 atom stereocenters. The van der Waals surface area contributed by atoms with Gasteiger partial charge in [0.25, 0.3) is 0 Å². The fourth-order valence-electron chi connectivity index (χ4n) is 2.42.